The fourth-order valence-electron chi connectivity index (χ4n) is 19.4. The Morgan fingerprint density at radius 2 is 0.488 bits per heavy atom. The molecule has 2 aliphatic rings. The third kappa shape index (κ3) is 13.2. The first-order valence-electron chi connectivity index (χ1n) is 42.2. The molecule has 0 saturated carbocycles. The van der Waals surface area contributed by atoms with Crippen molar-refractivity contribution < 1.29 is 0 Å². The van der Waals surface area contributed by atoms with Gasteiger partial charge in [-0.1, -0.05) is 351 Å². The molecule has 4 nitrogen and oxygen atoms in total. The Morgan fingerprint density at radius 1 is 0.198 bits per heavy atom. The van der Waals surface area contributed by atoms with E-state index in [1.54, 1.807) is 0 Å². The molecule has 0 amide bonds. The Kier molecular flexibility index (Phi) is 19.5. The lowest BCUT2D eigenvalue weighted by molar-refractivity contribution is 0.769. The molecule has 2 aliphatic carbocycles. The number of para-hydroxylation sites is 4. The Morgan fingerprint density at radius 3 is 0.884 bits per heavy atom. The highest BCUT2D eigenvalue weighted by Crippen LogP contribution is 2.64. The molecular formula is C116H92N4Si. The highest BCUT2D eigenvalue weighted by molar-refractivity contribution is 6.88. The monoisotopic (exact) mass is 1570 g/mol. The standard InChI is InChI=1S/C59H52N2Si.C57H40N2/c1-41-21-27-46(28-22-41)60(47-33-36-51(37-34-47)62(4,5)6)50-35-38-54-55(39-50)59(44-15-9-7-10-16-44,45-17-11-8-12-18-45)56-40-57(52-19-13-14-20-53(52)58(54)56)61(48-29-23-42(2)24-30-48)49-31-25-43(3)26-32-49;1-7-21-41(22-8-1)57(42-23-9-2-10-24-42)54-40-48(59(45-29-15-5-16-30-45)46-31-17-6-18-32-46)36-38-52(54)55-50-34-20-19-33-49(50)53-39-47(35-37-51(53)56(55)57)58(43-25-11-3-12-26-43)44-27-13-4-14-28-44/h7-40H,1-6H3;1-40H. The summed E-state index contributed by atoms with van der Waals surface area (Å²) in [7, 11) is -1.51. The van der Waals surface area contributed by atoms with E-state index in [9.17, 15) is 0 Å². The summed E-state index contributed by atoms with van der Waals surface area (Å²) in [4.78, 5) is 9.65. The average Bonchev–Trinajstić information content (AvgIpc) is 1.52. The maximum atomic E-state index is 2.52. The predicted molar refractivity (Wildman–Crippen MR) is 516 cm³/mol. The van der Waals surface area contributed by atoms with Crippen LogP contribution in [0.4, 0.5) is 68.2 Å². The van der Waals surface area contributed by atoms with Crippen LogP contribution < -0.4 is 24.8 Å². The summed E-state index contributed by atoms with van der Waals surface area (Å²) in [6.07, 6.45) is 0. The lowest BCUT2D eigenvalue weighted by atomic mass is 9.66. The van der Waals surface area contributed by atoms with E-state index >= 15 is 0 Å². The van der Waals surface area contributed by atoms with Gasteiger partial charge in [-0.3, -0.25) is 0 Å². The first-order chi connectivity index (χ1) is 59.4. The minimum atomic E-state index is -1.51. The molecule has 0 spiro atoms. The fourth-order valence-corrected chi connectivity index (χ4v) is 20.5. The molecule has 0 atom stereocenters. The van der Waals surface area contributed by atoms with Crippen LogP contribution in [0.2, 0.25) is 19.6 Å². The average molecular weight is 1570 g/mol. The van der Waals surface area contributed by atoms with E-state index < -0.39 is 18.9 Å². The number of benzene rings is 19. The summed E-state index contributed by atoms with van der Waals surface area (Å²) in [5.74, 6) is 0. The van der Waals surface area contributed by atoms with Gasteiger partial charge in [-0.2, -0.15) is 0 Å². The molecule has 580 valence electrons. The van der Waals surface area contributed by atoms with E-state index in [0.29, 0.717) is 0 Å². The van der Waals surface area contributed by atoms with E-state index in [1.165, 1.54) is 121 Å². The lowest BCUT2D eigenvalue weighted by Gasteiger charge is -2.36. The largest absolute Gasteiger partial charge is 0.310 e. The van der Waals surface area contributed by atoms with Gasteiger partial charge in [0.05, 0.1) is 24.6 Å². The third-order valence-corrected chi connectivity index (χ3v) is 27.0. The Bertz CT molecular complexity index is 6760. The van der Waals surface area contributed by atoms with Crippen LogP contribution in [0, 0.1) is 20.8 Å². The van der Waals surface area contributed by atoms with Crippen LogP contribution in [-0.4, -0.2) is 8.07 Å². The van der Waals surface area contributed by atoms with Crippen molar-refractivity contribution in [2.75, 3.05) is 19.6 Å². The smallest absolute Gasteiger partial charge is 0.0775 e. The van der Waals surface area contributed by atoms with Crippen molar-refractivity contribution in [3.63, 3.8) is 0 Å². The molecule has 0 fully saturated rings. The second-order valence-corrected chi connectivity index (χ2v) is 38.4. The van der Waals surface area contributed by atoms with Gasteiger partial charge in [0.2, 0.25) is 0 Å². The van der Waals surface area contributed by atoms with Gasteiger partial charge >= 0.3 is 0 Å². The predicted octanol–water partition coefficient (Wildman–Crippen LogP) is 30.9. The Hall–Kier alpha value is -14.6. The van der Waals surface area contributed by atoms with Crippen molar-refractivity contribution >= 4 is 114 Å². The Labute approximate surface area is 712 Å². The summed E-state index contributed by atoms with van der Waals surface area (Å²) in [6.45, 7) is 13.7. The number of hydrogen-bond donors (Lipinski definition) is 0. The summed E-state index contributed by atoms with van der Waals surface area (Å²) < 4.78 is 0. The first kappa shape index (κ1) is 75.1. The highest BCUT2D eigenvalue weighted by atomic mass is 28.3. The number of nitrogens with zero attached hydrogens (tertiary/aromatic N) is 4. The Balaban J connectivity index is 0.000000154. The van der Waals surface area contributed by atoms with Gasteiger partial charge in [0.15, 0.2) is 0 Å². The van der Waals surface area contributed by atoms with Gasteiger partial charge in [0.25, 0.3) is 0 Å². The molecule has 0 saturated heterocycles. The van der Waals surface area contributed by atoms with Gasteiger partial charge in [-0.05, 0) is 254 Å². The van der Waals surface area contributed by atoms with E-state index in [2.05, 4.69) is 509 Å². The molecule has 0 bridgehead atoms. The van der Waals surface area contributed by atoms with Crippen LogP contribution in [0.3, 0.4) is 0 Å². The highest BCUT2D eigenvalue weighted by Gasteiger charge is 2.50. The summed E-state index contributed by atoms with van der Waals surface area (Å²) in [5.41, 5.74) is 31.2. The SMILES string of the molecule is Cc1ccc(N(c2ccc([Si](C)(C)C)cc2)c2ccc3c(c2)C(c2ccccc2)(c2ccccc2)c2cc(N(c4ccc(C)cc4)c4ccc(C)cc4)c4ccccc4c2-3)cc1.c1ccc(N(c2ccccc2)c2ccc3c(c2)C(c2ccccc2)(c2ccccc2)c2c-3c3ccccc3c3cc(N(c4ccccc4)c4ccccc4)ccc23)cc1. The van der Waals surface area contributed by atoms with Gasteiger partial charge in [0, 0.05) is 67.9 Å². The molecule has 19 aromatic rings. The van der Waals surface area contributed by atoms with Crippen molar-refractivity contribution in [2.24, 2.45) is 0 Å². The molecule has 0 aromatic heterocycles. The number of hydrogen-bond acceptors (Lipinski definition) is 4. The normalized spacial score (nSPS) is 12.7. The van der Waals surface area contributed by atoms with Crippen LogP contribution in [-0.2, 0) is 10.8 Å². The van der Waals surface area contributed by atoms with Crippen molar-refractivity contribution in [3.8, 4) is 22.3 Å². The number of aryl methyl sites for hydroxylation is 3. The maximum absolute atomic E-state index is 2.52. The van der Waals surface area contributed by atoms with Crippen LogP contribution >= 0.6 is 0 Å². The zero-order chi connectivity index (χ0) is 81.8. The van der Waals surface area contributed by atoms with Crippen molar-refractivity contribution in [1.82, 2.24) is 0 Å². The third-order valence-electron chi connectivity index (χ3n) is 24.9. The molecule has 19 aromatic carbocycles. The van der Waals surface area contributed by atoms with Crippen molar-refractivity contribution in [3.05, 3.63) is 510 Å². The molecule has 5 heteroatoms. The summed E-state index contributed by atoms with van der Waals surface area (Å²) >= 11 is 0. The summed E-state index contributed by atoms with van der Waals surface area (Å²) in [6, 6.07) is 166. The minimum absolute atomic E-state index is 0.634. The number of fused-ring (bicyclic) bond motifs is 13. The van der Waals surface area contributed by atoms with E-state index in [4.69, 9.17) is 0 Å². The molecule has 0 unspecified atom stereocenters. The zero-order valence-corrected chi connectivity index (χ0v) is 70.0. The molecule has 21 rings (SSSR count). The number of anilines is 12. The fraction of sp³-hybridized carbons (Fsp3) is 0.0690. The molecule has 0 aliphatic heterocycles. The van der Waals surface area contributed by atoms with Crippen LogP contribution in [0.25, 0.3) is 54.6 Å². The van der Waals surface area contributed by atoms with Crippen LogP contribution in [0.1, 0.15) is 61.2 Å². The number of rotatable bonds is 17. The maximum Gasteiger partial charge on any atom is 0.0775 e. The zero-order valence-electron chi connectivity index (χ0n) is 69.0. The van der Waals surface area contributed by atoms with E-state index in [1.807, 2.05) is 0 Å². The van der Waals surface area contributed by atoms with E-state index in [-0.39, 0.29) is 0 Å². The van der Waals surface area contributed by atoms with Gasteiger partial charge in [0.1, 0.15) is 0 Å². The van der Waals surface area contributed by atoms with Gasteiger partial charge in [-0.15, -0.1) is 0 Å². The second kappa shape index (κ2) is 31.3. The molecule has 0 radical (unpaired) electrons. The second-order valence-electron chi connectivity index (χ2n) is 33.3. The van der Waals surface area contributed by atoms with Gasteiger partial charge in [-0.25, -0.2) is 0 Å². The molecule has 0 N–H and O–H groups in total. The molecule has 121 heavy (non-hydrogen) atoms. The van der Waals surface area contributed by atoms with Gasteiger partial charge < -0.3 is 19.6 Å². The van der Waals surface area contributed by atoms with E-state index in [0.717, 1.165) is 68.2 Å². The van der Waals surface area contributed by atoms with Crippen LogP contribution in [0.15, 0.2) is 449 Å². The quantitative estimate of drug-likeness (QED) is 0.0665. The first-order valence-corrected chi connectivity index (χ1v) is 45.7. The molecule has 0 heterocycles. The topological polar surface area (TPSA) is 13.0 Å². The minimum Gasteiger partial charge on any atom is -0.310 e. The molecular weight excluding hydrogens is 1480 g/mol. The van der Waals surface area contributed by atoms with Crippen molar-refractivity contribution in [2.45, 2.75) is 51.2 Å². The summed E-state index contributed by atoms with van der Waals surface area (Å²) in [5, 5.41) is 8.88. The van der Waals surface area contributed by atoms with Crippen LogP contribution in [0.5, 0.6) is 0 Å². The van der Waals surface area contributed by atoms with Crippen molar-refractivity contribution in [1.29, 1.82) is 0 Å². The lowest BCUT2D eigenvalue weighted by Crippen LogP contribution is -2.37.